The lowest BCUT2D eigenvalue weighted by atomic mass is 9.99. The van der Waals surface area contributed by atoms with Gasteiger partial charge in [0.25, 0.3) is 5.91 Å². The third-order valence-electron chi connectivity index (χ3n) is 3.23. The summed E-state index contributed by atoms with van der Waals surface area (Å²) in [6.07, 6.45) is 0.386. The first-order valence-corrected chi connectivity index (χ1v) is 6.30. The van der Waals surface area contributed by atoms with Gasteiger partial charge in [-0.05, 0) is 30.2 Å². The van der Waals surface area contributed by atoms with Crippen LogP contribution < -0.4 is 15.5 Å². The topological polar surface area (TPSA) is 75.8 Å². The van der Waals surface area contributed by atoms with E-state index in [1.807, 2.05) is 30.3 Å². The highest BCUT2D eigenvalue weighted by molar-refractivity contribution is 5.99. The Hall–Kier alpha value is -2.37. The zero-order valence-electron chi connectivity index (χ0n) is 10.7. The maximum absolute atomic E-state index is 11.8. The quantitative estimate of drug-likeness (QED) is 0.819. The summed E-state index contributed by atoms with van der Waals surface area (Å²) in [7, 11) is 0. The molecule has 0 spiro atoms. The molecule has 2 aromatic carbocycles. The molecule has 1 atom stereocenters. The molecule has 0 saturated carbocycles. The second-order valence-electron chi connectivity index (χ2n) is 4.64. The summed E-state index contributed by atoms with van der Waals surface area (Å²) in [6.45, 7) is 0. The Morgan fingerprint density at radius 3 is 2.65 bits per heavy atom. The highest BCUT2D eigenvalue weighted by Crippen LogP contribution is 2.37. The highest BCUT2D eigenvalue weighted by Gasteiger charge is 2.32. The van der Waals surface area contributed by atoms with Crippen LogP contribution in [-0.4, -0.2) is 17.2 Å². The lowest BCUT2D eigenvalue weighted by molar-refractivity contribution is -0.125. The summed E-state index contributed by atoms with van der Waals surface area (Å²) in [5.41, 5.74) is 6.84. The number of nitrogens with two attached hydrogens (primary N) is 1. The SMILES string of the molecule is N[C@H]1Cc2cccc(Oc3ccccc3)c2N(O)C1=O. The zero-order chi connectivity index (χ0) is 14.1. The third kappa shape index (κ3) is 2.13. The summed E-state index contributed by atoms with van der Waals surface area (Å²) in [6, 6.07) is 13.8. The Balaban J connectivity index is 2.02. The molecule has 0 aliphatic carbocycles. The number of hydrogen-bond acceptors (Lipinski definition) is 4. The summed E-state index contributed by atoms with van der Waals surface area (Å²) >= 11 is 0. The van der Waals surface area contributed by atoms with Gasteiger partial charge in [0.1, 0.15) is 11.4 Å². The maximum atomic E-state index is 11.8. The van der Waals surface area contributed by atoms with Gasteiger partial charge in [-0.3, -0.25) is 10.0 Å². The molecule has 0 aromatic heterocycles. The number of anilines is 1. The standard InChI is InChI=1S/C15H14N2O3/c16-12-9-10-5-4-8-13(14(10)17(19)15(12)18)20-11-6-2-1-3-7-11/h1-8,12,19H,9,16H2/t12-/m0/s1. The number of amides is 1. The second-order valence-corrected chi connectivity index (χ2v) is 4.64. The van der Waals surface area contributed by atoms with Crippen molar-refractivity contribution in [1.82, 2.24) is 0 Å². The van der Waals surface area contributed by atoms with E-state index in [0.29, 0.717) is 28.7 Å². The molecular weight excluding hydrogens is 256 g/mol. The van der Waals surface area contributed by atoms with Crippen LogP contribution >= 0.6 is 0 Å². The molecule has 0 saturated heterocycles. The molecule has 1 amide bonds. The summed E-state index contributed by atoms with van der Waals surface area (Å²) in [5, 5.41) is 10.6. The van der Waals surface area contributed by atoms with Crippen LogP contribution in [0.15, 0.2) is 48.5 Å². The van der Waals surface area contributed by atoms with Crippen molar-refractivity contribution in [2.75, 3.05) is 5.06 Å². The van der Waals surface area contributed by atoms with E-state index in [1.165, 1.54) is 0 Å². The van der Waals surface area contributed by atoms with E-state index >= 15 is 0 Å². The lowest BCUT2D eigenvalue weighted by Crippen LogP contribution is -2.47. The fourth-order valence-corrected chi connectivity index (χ4v) is 2.26. The van der Waals surface area contributed by atoms with Crippen LogP contribution in [-0.2, 0) is 11.2 Å². The molecule has 2 aromatic rings. The first-order valence-electron chi connectivity index (χ1n) is 6.30. The average Bonchev–Trinajstić information content (AvgIpc) is 2.46. The number of hydroxylamine groups is 1. The molecule has 0 fully saturated rings. The van der Waals surface area contributed by atoms with E-state index in [-0.39, 0.29) is 0 Å². The van der Waals surface area contributed by atoms with Crippen molar-refractivity contribution in [2.24, 2.45) is 5.73 Å². The van der Waals surface area contributed by atoms with Crippen molar-refractivity contribution in [3.63, 3.8) is 0 Å². The molecule has 0 unspecified atom stereocenters. The number of ether oxygens (including phenoxy) is 1. The van der Waals surface area contributed by atoms with Crippen LogP contribution in [0.1, 0.15) is 5.56 Å². The Kier molecular flexibility index (Phi) is 3.14. The third-order valence-corrected chi connectivity index (χ3v) is 3.23. The van der Waals surface area contributed by atoms with Crippen molar-refractivity contribution in [3.05, 3.63) is 54.1 Å². The van der Waals surface area contributed by atoms with E-state index in [2.05, 4.69) is 0 Å². The van der Waals surface area contributed by atoms with Crippen LogP contribution in [0.2, 0.25) is 0 Å². The minimum absolute atomic E-state index is 0.364. The van der Waals surface area contributed by atoms with E-state index in [0.717, 1.165) is 5.56 Å². The van der Waals surface area contributed by atoms with Crippen LogP contribution in [0.25, 0.3) is 0 Å². The van der Waals surface area contributed by atoms with Crippen molar-refractivity contribution < 1.29 is 14.7 Å². The molecular formula is C15H14N2O3. The van der Waals surface area contributed by atoms with Gasteiger partial charge in [-0.15, -0.1) is 0 Å². The number of hydrogen-bond donors (Lipinski definition) is 2. The predicted octanol–water partition coefficient (Wildman–Crippen LogP) is 2.08. The molecule has 20 heavy (non-hydrogen) atoms. The van der Waals surface area contributed by atoms with Crippen LogP contribution in [0.3, 0.4) is 0 Å². The van der Waals surface area contributed by atoms with Crippen LogP contribution in [0, 0.1) is 0 Å². The Morgan fingerprint density at radius 1 is 1.15 bits per heavy atom. The molecule has 0 bridgehead atoms. The maximum Gasteiger partial charge on any atom is 0.268 e. The van der Waals surface area contributed by atoms with E-state index in [9.17, 15) is 10.0 Å². The normalized spacial score (nSPS) is 17.8. The largest absolute Gasteiger partial charge is 0.455 e. The summed E-state index contributed by atoms with van der Waals surface area (Å²) in [5.74, 6) is 0.537. The summed E-state index contributed by atoms with van der Waals surface area (Å²) in [4.78, 5) is 11.8. The van der Waals surface area contributed by atoms with Gasteiger partial charge < -0.3 is 10.5 Å². The van der Waals surface area contributed by atoms with Gasteiger partial charge in [0.15, 0.2) is 5.75 Å². The van der Waals surface area contributed by atoms with Crippen LogP contribution in [0.4, 0.5) is 5.69 Å². The summed E-state index contributed by atoms with van der Waals surface area (Å²) < 4.78 is 5.74. The number of rotatable bonds is 2. The number of carbonyl (C=O) groups is 1. The Labute approximate surface area is 116 Å². The smallest absolute Gasteiger partial charge is 0.268 e. The number of carbonyl (C=O) groups excluding carboxylic acids is 1. The first kappa shape index (κ1) is 12.7. The predicted molar refractivity (Wildman–Crippen MR) is 73.9 cm³/mol. The molecule has 102 valence electrons. The molecule has 0 radical (unpaired) electrons. The van der Waals surface area contributed by atoms with Crippen LogP contribution in [0.5, 0.6) is 11.5 Å². The van der Waals surface area contributed by atoms with Crippen molar-refractivity contribution in [2.45, 2.75) is 12.5 Å². The van der Waals surface area contributed by atoms with Gasteiger partial charge in [0.05, 0.1) is 6.04 Å². The fourth-order valence-electron chi connectivity index (χ4n) is 2.26. The monoisotopic (exact) mass is 270 g/mol. The number of nitrogens with zero attached hydrogens (tertiary/aromatic N) is 1. The van der Waals surface area contributed by atoms with Gasteiger partial charge in [0, 0.05) is 0 Å². The van der Waals surface area contributed by atoms with E-state index in [4.69, 9.17) is 10.5 Å². The minimum atomic E-state index is -0.723. The molecule has 5 heteroatoms. The number of benzene rings is 2. The van der Waals surface area contributed by atoms with Gasteiger partial charge >= 0.3 is 0 Å². The molecule has 1 heterocycles. The van der Waals surface area contributed by atoms with Crippen molar-refractivity contribution in [1.29, 1.82) is 0 Å². The molecule has 1 aliphatic heterocycles. The molecule has 5 nitrogen and oxygen atoms in total. The minimum Gasteiger partial charge on any atom is -0.455 e. The highest BCUT2D eigenvalue weighted by atomic mass is 16.5. The molecule has 3 N–H and O–H groups in total. The zero-order valence-corrected chi connectivity index (χ0v) is 10.7. The lowest BCUT2D eigenvalue weighted by Gasteiger charge is -2.29. The van der Waals surface area contributed by atoms with Crippen molar-refractivity contribution >= 4 is 11.6 Å². The fraction of sp³-hybridized carbons (Fsp3) is 0.133. The van der Waals surface area contributed by atoms with E-state index < -0.39 is 11.9 Å². The number of fused-ring (bicyclic) bond motifs is 1. The van der Waals surface area contributed by atoms with E-state index in [1.54, 1.807) is 18.2 Å². The van der Waals surface area contributed by atoms with Crippen molar-refractivity contribution in [3.8, 4) is 11.5 Å². The first-order chi connectivity index (χ1) is 9.66. The van der Waals surface area contributed by atoms with Gasteiger partial charge in [0.2, 0.25) is 0 Å². The average molecular weight is 270 g/mol. The molecule has 3 rings (SSSR count). The Bertz CT molecular complexity index is 643. The number of para-hydroxylation sites is 2. The molecule has 1 aliphatic rings. The van der Waals surface area contributed by atoms with Gasteiger partial charge in [-0.1, -0.05) is 30.3 Å². The van der Waals surface area contributed by atoms with Gasteiger partial charge in [-0.2, -0.15) is 5.06 Å². The van der Waals surface area contributed by atoms with Gasteiger partial charge in [-0.25, -0.2) is 0 Å². The Morgan fingerprint density at radius 2 is 1.90 bits per heavy atom. The second kappa shape index (κ2) is 4.96.